The molecule has 4 atom stereocenters. The smallest absolute Gasteiger partial charge is 0.237 e. The molecule has 0 bridgehead atoms. The molecule has 22 heavy (non-hydrogen) atoms. The zero-order chi connectivity index (χ0) is 14.2. The number of carbonyl (C=O) groups is 1. The van der Waals surface area contributed by atoms with Gasteiger partial charge in [-0.15, -0.1) is 12.4 Å². The van der Waals surface area contributed by atoms with E-state index >= 15 is 0 Å². The van der Waals surface area contributed by atoms with Gasteiger partial charge >= 0.3 is 0 Å². The van der Waals surface area contributed by atoms with E-state index in [0.29, 0.717) is 18.5 Å². The van der Waals surface area contributed by atoms with E-state index in [4.69, 9.17) is 0 Å². The van der Waals surface area contributed by atoms with Crippen molar-refractivity contribution in [2.45, 2.75) is 44.6 Å². The van der Waals surface area contributed by atoms with Crippen LogP contribution in [-0.2, 0) is 4.79 Å². The Kier molecular flexibility index (Phi) is 5.31. The van der Waals surface area contributed by atoms with Crippen LogP contribution in [0.2, 0.25) is 0 Å². The molecule has 1 saturated carbocycles. The van der Waals surface area contributed by atoms with Crippen LogP contribution in [-0.4, -0.2) is 61.0 Å². The number of amides is 1. The van der Waals surface area contributed by atoms with E-state index < -0.39 is 0 Å². The Hall–Kier alpha value is -0.320. The average Bonchev–Trinajstić information content (AvgIpc) is 3.07. The van der Waals surface area contributed by atoms with Crippen molar-refractivity contribution in [3.8, 4) is 0 Å². The number of rotatable bonds is 2. The normalized spacial score (nSPS) is 38.3. The molecule has 126 valence electrons. The number of likely N-dealkylation sites (tertiary alicyclic amines) is 2. The Bertz CT molecular complexity index is 391. The third kappa shape index (κ3) is 3.15. The molecule has 0 aromatic heterocycles. The van der Waals surface area contributed by atoms with Crippen molar-refractivity contribution < 1.29 is 4.79 Å². The lowest BCUT2D eigenvalue weighted by Gasteiger charge is -2.44. The minimum absolute atomic E-state index is 0. The van der Waals surface area contributed by atoms with Gasteiger partial charge < -0.3 is 10.2 Å². The van der Waals surface area contributed by atoms with Crippen molar-refractivity contribution in [1.29, 1.82) is 0 Å². The molecule has 1 aliphatic carbocycles. The molecular formula is C17H30ClN3O. The molecule has 3 saturated heterocycles. The van der Waals surface area contributed by atoms with Gasteiger partial charge in [0, 0.05) is 25.7 Å². The van der Waals surface area contributed by atoms with Gasteiger partial charge in [0.15, 0.2) is 0 Å². The third-order valence-electron chi connectivity index (χ3n) is 6.39. The van der Waals surface area contributed by atoms with Crippen LogP contribution in [0.4, 0.5) is 0 Å². The molecule has 4 rings (SSSR count). The first-order valence-corrected chi connectivity index (χ1v) is 9.04. The first kappa shape index (κ1) is 16.5. The molecule has 3 aliphatic heterocycles. The summed E-state index contributed by atoms with van der Waals surface area (Å²) in [5.41, 5.74) is 0. The summed E-state index contributed by atoms with van der Waals surface area (Å²) in [5.74, 6) is 2.81. The maximum absolute atomic E-state index is 12.8. The van der Waals surface area contributed by atoms with E-state index in [1.807, 2.05) is 0 Å². The number of hydrogen-bond donors (Lipinski definition) is 1. The third-order valence-corrected chi connectivity index (χ3v) is 6.39. The lowest BCUT2D eigenvalue weighted by atomic mass is 9.78. The highest BCUT2D eigenvalue weighted by atomic mass is 35.5. The van der Waals surface area contributed by atoms with Gasteiger partial charge in [0.25, 0.3) is 0 Å². The number of halogens is 1. The van der Waals surface area contributed by atoms with Gasteiger partial charge in [0.1, 0.15) is 0 Å². The van der Waals surface area contributed by atoms with E-state index in [1.54, 1.807) is 0 Å². The van der Waals surface area contributed by atoms with Crippen LogP contribution in [0.1, 0.15) is 38.5 Å². The second-order valence-corrected chi connectivity index (χ2v) is 7.71. The van der Waals surface area contributed by atoms with Gasteiger partial charge in [-0.05, 0) is 56.5 Å². The lowest BCUT2D eigenvalue weighted by molar-refractivity contribution is -0.138. The Morgan fingerprint density at radius 3 is 2.41 bits per heavy atom. The van der Waals surface area contributed by atoms with Crippen molar-refractivity contribution in [3.63, 3.8) is 0 Å². The predicted octanol–water partition coefficient (Wildman–Crippen LogP) is 1.74. The van der Waals surface area contributed by atoms with E-state index in [0.717, 1.165) is 50.5 Å². The van der Waals surface area contributed by atoms with Crippen LogP contribution < -0.4 is 5.32 Å². The first-order valence-electron chi connectivity index (χ1n) is 9.04. The van der Waals surface area contributed by atoms with E-state index in [-0.39, 0.29) is 12.4 Å². The first-order chi connectivity index (χ1) is 10.3. The van der Waals surface area contributed by atoms with Gasteiger partial charge in [-0.1, -0.05) is 12.8 Å². The molecule has 3 heterocycles. The number of nitrogens with one attached hydrogen (secondary N) is 1. The summed E-state index contributed by atoms with van der Waals surface area (Å²) in [6.07, 6.45) is 7.89. The van der Waals surface area contributed by atoms with Crippen molar-refractivity contribution in [3.05, 3.63) is 0 Å². The topological polar surface area (TPSA) is 35.6 Å². The molecule has 5 heteroatoms. The molecule has 4 aliphatic rings. The van der Waals surface area contributed by atoms with Gasteiger partial charge in [0.2, 0.25) is 5.91 Å². The van der Waals surface area contributed by atoms with Crippen LogP contribution >= 0.6 is 12.4 Å². The SMILES string of the molecule is Cl.O=C(CN1C[C@H]2CNC[C@H]2C1)N1CCCC2CCCCC21. The van der Waals surface area contributed by atoms with Crippen molar-refractivity contribution in [1.82, 2.24) is 15.1 Å². The van der Waals surface area contributed by atoms with Crippen molar-refractivity contribution in [2.24, 2.45) is 17.8 Å². The molecule has 2 unspecified atom stereocenters. The fourth-order valence-corrected chi connectivity index (χ4v) is 5.30. The van der Waals surface area contributed by atoms with Gasteiger partial charge in [-0.3, -0.25) is 9.69 Å². The molecule has 0 aromatic carbocycles. The molecule has 4 nitrogen and oxygen atoms in total. The van der Waals surface area contributed by atoms with Crippen LogP contribution in [0.15, 0.2) is 0 Å². The molecule has 0 aromatic rings. The summed E-state index contributed by atoms with van der Waals surface area (Å²) in [6.45, 7) is 6.27. The summed E-state index contributed by atoms with van der Waals surface area (Å²) in [6, 6.07) is 0.573. The average molecular weight is 328 g/mol. The summed E-state index contributed by atoms with van der Waals surface area (Å²) >= 11 is 0. The minimum Gasteiger partial charge on any atom is -0.338 e. The van der Waals surface area contributed by atoms with E-state index in [9.17, 15) is 4.79 Å². The van der Waals surface area contributed by atoms with Crippen LogP contribution in [0.3, 0.4) is 0 Å². The van der Waals surface area contributed by atoms with E-state index in [2.05, 4.69) is 15.1 Å². The monoisotopic (exact) mass is 327 g/mol. The number of hydrogen-bond acceptors (Lipinski definition) is 3. The Balaban J connectivity index is 0.00000144. The molecule has 0 radical (unpaired) electrons. The van der Waals surface area contributed by atoms with Crippen LogP contribution in [0, 0.1) is 17.8 Å². The van der Waals surface area contributed by atoms with Gasteiger partial charge in [-0.25, -0.2) is 0 Å². The quantitative estimate of drug-likeness (QED) is 0.839. The number of nitrogens with zero attached hydrogens (tertiary/aromatic N) is 2. The fraction of sp³-hybridized carbons (Fsp3) is 0.941. The zero-order valence-corrected chi connectivity index (χ0v) is 14.3. The zero-order valence-electron chi connectivity index (χ0n) is 13.5. The highest BCUT2D eigenvalue weighted by Gasteiger charge is 2.39. The summed E-state index contributed by atoms with van der Waals surface area (Å²) < 4.78 is 0. The van der Waals surface area contributed by atoms with Crippen LogP contribution in [0.25, 0.3) is 0 Å². The molecular weight excluding hydrogens is 298 g/mol. The standard InChI is InChI=1S/C17H29N3O.ClH/c21-17(12-19-10-14-8-18-9-15(14)11-19)20-7-3-5-13-4-1-2-6-16(13)20;/h13-16,18H,1-12H2;1H/t13?,14-,15+,16?;. The van der Waals surface area contributed by atoms with Gasteiger partial charge in [-0.2, -0.15) is 0 Å². The van der Waals surface area contributed by atoms with E-state index in [1.165, 1.54) is 38.5 Å². The molecule has 4 fully saturated rings. The predicted molar refractivity (Wildman–Crippen MR) is 90.2 cm³/mol. The largest absolute Gasteiger partial charge is 0.338 e. The maximum atomic E-state index is 12.8. The Labute approximate surface area is 140 Å². The summed E-state index contributed by atoms with van der Waals surface area (Å²) in [5, 5.41) is 3.48. The molecule has 1 N–H and O–H groups in total. The van der Waals surface area contributed by atoms with Gasteiger partial charge in [0.05, 0.1) is 6.54 Å². The summed E-state index contributed by atoms with van der Waals surface area (Å²) in [7, 11) is 0. The fourth-order valence-electron chi connectivity index (χ4n) is 5.30. The summed E-state index contributed by atoms with van der Waals surface area (Å²) in [4.78, 5) is 17.5. The highest BCUT2D eigenvalue weighted by molar-refractivity contribution is 5.85. The second kappa shape index (κ2) is 7.06. The second-order valence-electron chi connectivity index (χ2n) is 7.71. The van der Waals surface area contributed by atoms with Crippen molar-refractivity contribution >= 4 is 18.3 Å². The highest BCUT2D eigenvalue weighted by Crippen LogP contribution is 2.35. The van der Waals surface area contributed by atoms with Crippen LogP contribution in [0.5, 0.6) is 0 Å². The minimum atomic E-state index is 0. The maximum Gasteiger partial charge on any atom is 0.237 e. The molecule has 0 spiro atoms. The number of fused-ring (bicyclic) bond motifs is 2. The number of piperidine rings is 1. The number of carbonyl (C=O) groups excluding carboxylic acids is 1. The lowest BCUT2D eigenvalue weighted by Crippen LogP contribution is -2.52. The van der Waals surface area contributed by atoms with Crippen molar-refractivity contribution in [2.75, 3.05) is 39.3 Å². The Morgan fingerprint density at radius 2 is 1.64 bits per heavy atom. The molecule has 1 amide bonds. The Morgan fingerprint density at radius 1 is 0.955 bits per heavy atom.